The molecule has 2 heterocycles. The van der Waals surface area contributed by atoms with E-state index in [0.29, 0.717) is 54.5 Å². The second kappa shape index (κ2) is 11.2. The van der Waals surface area contributed by atoms with E-state index in [0.717, 1.165) is 10.5 Å². The SMILES string of the molecule is COc1cc2c(cc1OC)[C@@H](C(=O)N1CCN(c3ccccc3F)CC1)[C@H](c1ccc(SC)cc1)N(C)C2=O. The summed E-state index contributed by atoms with van der Waals surface area (Å²) in [4.78, 5) is 34.5. The molecule has 2 aliphatic rings. The maximum absolute atomic E-state index is 14.4. The van der Waals surface area contributed by atoms with Crippen molar-refractivity contribution in [2.45, 2.75) is 16.9 Å². The third-order valence-corrected chi connectivity index (χ3v) is 8.43. The zero-order chi connectivity index (χ0) is 27.7. The number of likely N-dealkylation sites (N-methyl/N-ethyl adjacent to an activating group) is 1. The number of amides is 2. The topological polar surface area (TPSA) is 62.3 Å². The Labute approximate surface area is 232 Å². The molecular formula is C30H32FN3O4S. The van der Waals surface area contributed by atoms with Crippen LogP contribution in [0.4, 0.5) is 10.1 Å². The predicted molar refractivity (Wildman–Crippen MR) is 151 cm³/mol. The lowest BCUT2D eigenvalue weighted by Crippen LogP contribution is -2.53. The summed E-state index contributed by atoms with van der Waals surface area (Å²) in [6.45, 7) is 1.92. The highest BCUT2D eigenvalue weighted by atomic mass is 32.2. The zero-order valence-corrected chi connectivity index (χ0v) is 23.3. The summed E-state index contributed by atoms with van der Waals surface area (Å²) in [6.07, 6.45) is 2.01. The van der Waals surface area contributed by atoms with Crippen molar-refractivity contribution in [2.75, 3.05) is 58.6 Å². The molecule has 0 bridgehead atoms. The fourth-order valence-corrected chi connectivity index (χ4v) is 6.01. The van der Waals surface area contributed by atoms with Gasteiger partial charge in [-0.05, 0) is 53.8 Å². The first kappa shape index (κ1) is 26.9. The van der Waals surface area contributed by atoms with Gasteiger partial charge < -0.3 is 24.2 Å². The number of halogens is 1. The number of fused-ring (bicyclic) bond motifs is 1. The van der Waals surface area contributed by atoms with E-state index in [1.807, 2.05) is 46.4 Å². The molecule has 5 rings (SSSR count). The molecule has 204 valence electrons. The third-order valence-electron chi connectivity index (χ3n) is 7.68. The van der Waals surface area contributed by atoms with Crippen molar-refractivity contribution in [1.29, 1.82) is 0 Å². The van der Waals surface area contributed by atoms with Gasteiger partial charge in [-0.3, -0.25) is 9.59 Å². The third kappa shape index (κ3) is 4.91. The Morgan fingerprint density at radius 1 is 0.949 bits per heavy atom. The van der Waals surface area contributed by atoms with Crippen LogP contribution in [0.1, 0.15) is 33.4 Å². The molecule has 2 amide bonds. The molecule has 7 nitrogen and oxygen atoms in total. The summed E-state index contributed by atoms with van der Waals surface area (Å²) in [6, 6.07) is 17.6. The van der Waals surface area contributed by atoms with Crippen molar-refractivity contribution in [2.24, 2.45) is 0 Å². The molecule has 0 N–H and O–H groups in total. The lowest BCUT2D eigenvalue weighted by atomic mass is 9.78. The Morgan fingerprint density at radius 3 is 2.21 bits per heavy atom. The predicted octanol–water partition coefficient (Wildman–Crippen LogP) is 4.82. The van der Waals surface area contributed by atoms with Crippen LogP contribution >= 0.6 is 11.8 Å². The molecule has 39 heavy (non-hydrogen) atoms. The standard InChI is InChI=1S/C30H32FN3O4S/c1-32-28(19-9-11-20(39-4)12-10-19)27(21-17-25(37-2)26(38-3)18-22(21)29(32)35)30(36)34-15-13-33(14-16-34)24-8-6-5-7-23(24)31/h5-12,17-18,27-28H,13-16H2,1-4H3/t27-,28+/m1/s1. The second-order valence-electron chi connectivity index (χ2n) is 9.67. The van der Waals surface area contributed by atoms with Gasteiger partial charge >= 0.3 is 0 Å². The number of rotatable bonds is 6. The van der Waals surface area contributed by atoms with Gasteiger partial charge in [0.25, 0.3) is 5.91 Å². The maximum atomic E-state index is 14.4. The second-order valence-corrected chi connectivity index (χ2v) is 10.5. The number of thioether (sulfide) groups is 1. The molecule has 0 radical (unpaired) electrons. The van der Waals surface area contributed by atoms with Gasteiger partial charge in [0.05, 0.1) is 31.9 Å². The fourth-order valence-electron chi connectivity index (χ4n) is 5.61. The minimum absolute atomic E-state index is 0.0741. The lowest BCUT2D eigenvalue weighted by molar-refractivity contribution is -0.134. The molecule has 0 saturated carbocycles. The highest BCUT2D eigenvalue weighted by Crippen LogP contribution is 2.46. The van der Waals surface area contributed by atoms with Crippen molar-refractivity contribution in [3.8, 4) is 11.5 Å². The molecule has 2 aliphatic heterocycles. The number of methoxy groups -OCH3 is 2. The monoisotopic (exact) mass is 549 g/mol. The molecule has 0 unspecified atom stereocenters. The molecule has 3 aromatic carbocycles. The number of hydrogen-bond acceptors (Lipinski definition) is 6. The van der Waals surface area contributed by atoms with Gasteiger partial charge in [-0.25, -0.2) is 4.39 Å². The highest BCUT2D eigenvalue weighted by Gasteiger charge is 2.45. The average Bonchev–Trinajstić information content (AvgIpc) is 2.98. The Morgan fingerprint density at radius 2 is 1.59 bits per heavy atom. The van der Waals surface area contributed by atoms with Gasteiger partial charge in [-0.1, -0.05) is 24.3 Å². The Balaban J connectivity index is 1.53. The zero-order valence-electron chi connectivity index (χ0n) is 22.5. The number of piperazine rings is 1. The van der Waals surface area contributed by atoms with Crippen LogP contribution in [0.5, 0.6) is 11.5 Å². The molecule has 1 saturated heterocycles. The van der Waals surface area contributed by atoms with Crippen molar-refractivity contribution in [1.82, 2.24) is 9.80 Å². The Kier molecular flexibility index (Phi) is 7.70. The van der Waals surface area contributed by atoms with Crippen molar-refractivity contribution < 1.29 is 23.5 Å². The quantitative estimate of drug-likeness (QED) is 0.411. The van der Waals surface area contributed by atoms with Gasteiger partial charge in [0, 0.05) is 43.7 Å². The summed E-state index contributed by atoms with van der Waals surface area (Å²) in [5.41, 5.74) is 2.47. The molecule has 0 aliphatic carbocycles. The molecular weight excluding hydrogens is 517 g/mol. The number of ether oxygens (including phenoxy) is 2. The van der Waals surface area contributed by atoms with Gasteiger partial charge in [-0.2, -0.15) is 0 Å². The number of nitrogens with zero attached hydrogens (tertiary/aromatic N) is 3. The number of anilines is 1. The lowest BCUT2D eigenvalue weighted by Gasteiger charge is -2.43. The number of carbonyl (C=O) groups is 2. The first-order chi connectivity index (χ1) is 18.9. The van der Waals surface area contributed by atoms with E-state index in [1.165, 1.54) is 13.2 Å². The van der Waals surface area contributed by atoms with Crippen LogP contribution in [0, 0.1) is 5.82 Å². The van der Waals surface area contributed by atoms with Gasteiger partial charge in [0.15, 0.2) is 11.5 Å². The van der Waals surface area contributed by atoms with Crippen molar-refractivity contribution >= 4 is 29.3 Å². The van der Waals surface area contributed by atoms with Crippen molar-refractivity contribution in [3.05, 3.63) is 83.2 Å². The minimum atomic E-state index is -0.650. The first-order valence-electron chi connectivity index (χ1n) is 12.8. The number of hydrogen-bond donors (Lipinski definition) is 0. The summed E-state index contributed by atoms with van der Waals surface area (Å²) in [5, 5.41) is 0. The number of para-hydroxylation sites is 1. The molecule has 0 spiro atoms. The van der Waals surface area contributed by atoms with Crippen LogP contribution in [-0.2, 0) is 4.79 Å². The fraction of sp³-hybridized carbons (Fsp3) is 0.333. The van der Waals surface area contributed by atoms with E-state index in [4.69, 9.17) is 9.47 Å². The number of carbonyl (C=O) groups excluding carboxylic acids is 2. The molecule has 2 atom stereocenters. The number of benzene rings is 3. The van der Waals surface area contributed by atoms with Crippen LogP contribution in [0.15, 0.2) is 65.6 Å². The van der Waals surface area contributed by atoms with Crippen LogP contribution in [-0.4, -0.2) is 75.3 Å². The smallest absolute Gasteiger partial charge is 0.254 e. The normalized spacial score (nSPS) is 19.1. The molecule has 0 aromatic heterocycles. The summed E-state index contributed by atoms with van der Waals surface area (Å²) in [7, 11) is 4.80. The maximum Gasteiger partial charge on any atom is 0.254 e. The van der Waals surface area contributed by atoms with Gasteiger partial charge in [0.2, 0.25) is 5.91 Å². The Bertz CT molecular complexity index is 1380. The van der Waals surface area contributed by atoms with E-state index in [9.17, 15) is 14.0 Å². The van der Waals surface area contributed by atoms with E-state index < -0.39 is 12.0 Å². The summed E-state index contributed by atoms with van der Waals surface area (Å²) >= 11 is 1.63. The van der Waals surface area contributed by atoms with Crippen LogP contribution in [0.2, 0.25) is 0 Å². The summed E-state index contributed by atoms with van der Waals surface area (Å²) in [5.74, 6) is -0.276. The largest absolute Gasteiger partial charge is 0.493 e. The highest BCUT2D eigenvalue weighted by molar-refractivity contribution is 7.98. The Hall–Kier alpha value is -3.72. The van der Waals surface area contributed by atoms with Crippen LogP contribution in [0.25, 0.3) is 0 Å². The van der Waals surface area contributed by atoms with E-state index in [-0.39, 0.29) is 17.6 Å². The van der Waals surface area contributed by atoms with Gasteiger partial charge in [0.1, 0.15) is 5.82 Å². The van der Waals surface area contributed by atoms with E-state index in [1.54, 1.807) is 55.1 Å². The van der Waals surface area contributed by atoms with E-state index in [2.05, 4.69) is 0 Å². The van der Waals surface area contributed by atoms with E-state index >= 15 is 0 Å². The first-order valence-corrected chi connectivity index (χ1v) is 14.1. The van der Waals surface area contributed by atoms with Crippen molar-refractivity contribution in [3.63, 3.8) is 0 Å². The summed E-state index contributed by atoms with van der Waals surface area (Å²) < 4.78 is 25.4. The molecule has 9 heteroatoms. The van der Waals surface area contributed by atoms with Crippen LogP contribution < -0.4 is 14.4 Å². The van der Waals surface area contributed by atoms with Gasteiger partial charge in [-0.15, -0.1) is 11.8 Å². The van der Waals surface area contributed by atoms with Crippen LogP contribution in [0.3, 0.4) is 0 Å². The molecule has 1 fully saturated rings. The molecule has 3 aromatic rings. The minimum Gasteiger partial charge on any atom is -0.493 e. The average molecular weight is 550 g/mol.